The summed E-state index contributed by atoms with van der Waals surface area (Å²) < 4.78 is 5.78. The normalized spacial score (nSPS) is 11.4. The molecule has 0 saturated carbocycles. The second kappa shape index (κ2) is 7.57. The van der Waals surface area contributed by atoms with Crippen LogP contribution in [0.15, 0.2) is 60.8 Å². The summed E-state index contributed by atoms with van der Waals surface area (Å²) in [7, 11) is 0. The molecule has 0 fully saturated rings. The maximum absolute atomic E-state index is 5.78. The lowest BCUT2D eigenvalue weighted by atomic mass is 9.87. The third-order valence-corrected chi connectivity index (χ3v) is 4.42. The van der Waals surface area contributed by atoms with Crippen molar-refractivity contribution in [1.29, 1.82) is 0 Å². The van der Waals surface area contributed by atoms with Gasteiger partial charge in [0.15, 0.2) is 0 Å². The van der Waals surface area contributed by atoms with E-state index in [4.69, 9.17) is 4.74 Å². The topological polar surface area (TPSA) is 21.3 Å². The van der Waals surface area contributed by atoms with Crippen molar-refractivity contribution in [2.24, 2.45) is 5.41 Å². The van der Waals surface area contributed by atoms with Crippen LogP contribution in [0.25, 0.3) is 11.1 Å². The van der Waals surface area contributed by atoms with Crippen LogP contribution in [0.1, 0.15) is 41.0 Å². The highest BCUT2D eigenvalue weighted by Gasteiger charge is 2.19. The molecule has 24 heavy (non-hydrogen) atoms. The Balaban J connectivity index is 2.13. The molecule has 2 heteroatoms. The minimum Gasteiger partial charge on any atom is -0.491 e. The fourth-order valence-corrected chi connectivity index (χ4v) is 2.32. The first-order valence-electron chi connectivity index (χ1n) is 8.65. The Bertz CT molecular complexity index is 683. The standard InChI is InChI=1S/C22H29NO/c1-7-22(5,6)17(4)23-20-13-11-18(12-14-20)19-9-8-10-21(15-19)24-16(2)3/h8-16,23H,4,7H2,1-3,5-6H3. The molecule has 128 valence electrons. The van der Waals surface area contributed by atoms with Crippen molar-refractivity contribution in [3.8, 4) is 16.9 Å². The molecule has 0 radical (unpaired) electrons. The molecular formula is C22H29NO. The summed E-state index contributed by atoms with van der Waals surface area (Å²) in [6, 6.07) is 16.7. The van der Waals surface area contributed by atoms with E-state index in [0.717, 1.165) is 29.1 Å². The van der Waals surface area contributed by atoms with E-state index >= 15 is 0 Å². The van der Waals surface area contributed by atoms with Gasteiger partial charge in [-0.05, 0) is 55.7 Å². The van der Waals surface area contributed by atoms with Gasteiger partial charge in [-0.3, -0.25) is 0 Å². The molecule has 2 rings (SSSR count). The first-order valence-corrected chi connectivity index (χ1v) is 8.65. The Hall–Kier alpha value is -2.22. The molecule has 1 N–H and O–H groups in total. The lowest BCUT2D eigenvalue weighted by Crippen LogP contribution is -2.18. The summed E-state index contributed by atoms with van der Waals surface area (Å²) in [5.41, 5.74) is 4.54. The van der Waals surface area contributed by atoms with E-state index in [9.17, 15) is 0 Å². The predicted octanol–water partition coefficient (Wildman–Crippen LogP) is 6.50. The molecule has 0 amide bonds. The van der Waals surface area contributed by atoms with Crippen LogP contribution >= 0.6 is 0 Å². The maximum Gasteiger partial charge on any atom is 0.120 e. The molecular weight excluding hydrogens is 294 g/mol. The van der Waals surface area contributed by atoms with Gasteiger partial charge in [0, 0.05) is 16.8 Å². The van der Waals surface area contributed by atoms with Crippen molar-refractivity contribution >= 4 is 5.69 Å². The van der Waals surface area contributed by atoms with Crippen LogP contribution in [0.5, 0.6) is 5.75 Å². The zero-order valence-electron chi connectivity index (χ0n) is 15.5. The third kappa shape index (κ3) is 4.64. The number of nitrogens with one attached hydrogen (secondary N) is 1. The number of ether oxygens (including phenoxy) is 1. The molecule has 2 aromatic rings. The molecule has 0 aromatic heterocycles. The summed E-state index contributed by atoms with van der Waals surface area (Å²) in [6.07, 6.45) is 1.24. The van der Waals surface area contributed by atoms with Crippen LogP contribution in [0.3, 0.4) is 0 Å². The Labute approximate surface area is 146 Å². The van der Waals surface area contributed by atoms with Crippen molar-refractivity contribution in [2.75, 3.05) is 5.32 Å². The van der Waals surface area contributed by atoms with Crippen LogP contribution in [-0.2, 0) is 0 Å². The van der Waals surface area contributed by atoms with Crippen LogP contribution in [0.4, 0.5) is 5.69 Å². The van der Waals surface area contributed by atoms with Crippen molar-refractivity contribution in [2.45, 2.75) is 47.1 Å². The maximum atomic E-state index is 5.78. The average Bonchev–Trinajstić information content (AvgIpc) is 2.55. The lowest BCUT2D eigenvalue weighted by molar-refractivity contribution is 0.242. The average molecular weight is 323 g/mol. The molecule has 2 nitrogen and oxygen atoms in total. The molecule has 0 aliphatic heterocycles. The Morgan fingerprint density at radius 2 is 1.75 bits per heavy atom. The van der Waals surface area contributed by atoms with Crippen LogP contribution in [0.2, 0.25) is 0 Å². The molecule has 2 aromatic carbocycles. The highest BCUT2D eigenvalue weighted by molar-refractivity contribution is 5.67. The number of hydrogen-bond donors (Lipinski definition) is 1. The molecule has 0 bridgehead atoms. The monoisotopic (exact) mass is 323 g/mol. The van der Waals surface area contributed by atoms with Gasteiger partial charge in [-0.25, -0.2) is 0 Å². The first kappa shape index (κ1) is 18.1. The van der Waals surface area contributed by atoms with E-state index in [1.807, 2.05) is 26.0 Å². The van der Waals surface area contributed by atoms with Gasteiger partial charge >= 0.3 is 0 Å². The Kier molecular flexibility index (Phi) is 5.71. The minimum absolute atomic E-state index is 0.0845. The Morgan fingerprint density at radius 3 is 2.33 bits per heavy atom. The highest BCUT2D eigenvalue weighted by Crippen LogP contribution is 2.31. The van der Waals surface area contributed by atoms with Gasteiger partial charge < -0.3 is 10.1 Å². The predicted molar refractivity (Wildman–Crippen MR) is 104 cm³/mol. The summed E-state index contributed by atoms with van der Waals surface area (Å²) in [4.78, 5) is 0. The van der Waals surface area contributed by atoms with E-state index in [1.165, 1.54) is 5.56 Å². The SMILES string of the molecule is C=C(Nc1ccc(-c2cccc(OC(C)C)c2)cc1)C(C)(C)CC. The van der Waals surface area contributed by atoms with Gasteiger partial charge in [0.25, 0.3) is 0 Å². The molecule has 0 aliphatic rings. The quantitative estimate of drug-likeness (QED) is 0.627. The molecule has 0 spiro atoms. The summed E-state index contributed by atoms with van der Waals surface area (Å²) in [6.45, 7) is 14.9. The number of anilines is 1. The number of rotatable bonds is 7. The van der Waals surface area contributed by atoms with Gasteiger partial charge in [0.2, 0.25) is 0 Å². The van der Waals surface area contributed by atoms with Crippen molar-refractivity contribution in [3.05, 3.63) is 60.8 Å². The smallest absolute Gasteiger partial charge is 0.120 e. The van der Waals surface area contributed by atoms with Crippen LogP contribution < -0.4 is 10.1 Å². The van der Waals surface area contributed by atoms with Crippen LogP contribution in [-0.4, -0.2) is 6.10 Å². The number of benzene rings is 2. The molecule has 0 aliphatic carbocycles. The van der Waals surface area contributed by atoms with Crippen LogP contribution in [0, 0.1) is 5.41 Å². The highest BCUT2D eigenvalue weighted by atomic mass is 16.5. The molecule has 0 unspecified atom stereocenters. The van der Waals surface area contributed by atoms with Gasteiger partial charge in [0.05, 0.1) is 6.10 Å². The van der Waals surface area contributed by atoms with E-state index < -0.39 is 0 Å². The van der Waals surface area contributed by atoms with E-state index in [0.29, 0.717) is 0 Å². The van der Waals surface area contributed by atoms with E-state index in [2.05, 4.69) is 69.1 Å². The van der Waals surface area contributed by atoms with Gasteiger partial charge in [-0.15, -0.1) is 0 Å². The second-order valence-electron chi connectivity index (χ2n) is 7.11. The zero-order chi connectivity index (χ0) is 17.7. The van der Waals surface area contributed by atoms with Crippen molar-refractivity contribution in [3.63, 3.8) is 0 Å². The number of allylic oxidation sites excluding steroid dienone is 1. The van der Waals surface area contributed by atoms with Crippen molar-refractivity contribution < 1.29 is 4.74 Å². The van der Waals surface area contributed by atoms with Gasteiger partial charge in [-0.2, -0.15) is 0 Å². The van der Waals surface area contributed by atoms with Gasteiger partial charge in [0.1, 0.15) is 5.75 Å². The lowest BCUT2D eigenvalue weighted by Gasteiger charge is -2.26. The van der Waals surface area contributed by atoms with Crippen molar-refractivity contribution in [1.82, 2.24) is 0 Å². The summed E-state index contributed by atoms with van der Waals surface area (Å²) >= 11 is 0. The molecule has 0 atom stereocenters. The van der Waals surface area contributed by atoms with E-state index in [-0.39, 0.29) is 11.5 Å². The third-order valence-electron chi connectivity index (χ3n) is 4.42. The summed E-state index contributed by atoms with van der Waals surface area (Å²) in [5.74, 6) is 0.905. The fraction of sp³-hybridized carbons (Fsp3) is 0.364. The zero-order valence-corrected chi connectivity index (χ0v) is 15.5. The first-order chi connectivity index (χ1) is 11.3. The Morgan fingerprint density at radius 1 is 1.08 bits per heavy atom. The van der Waals surface area contributed by atoms with E-state index in [1.54, 1.807) is 0 Å². The van der Waals surface area contributed by atoms with Gasteiger partial charge in [-0.1, -0.05) is 51.6 Å². The number of hydrogen-bond acceptors (Lipinski definition) is 2. The second-order valence-corrected chi connectivity index (χ2v) is 7.11. The summed E-state index contributed by atoms with van der Waals surface area (Å²) in [5, 5.41) is 3.43. The fourth-order valence-electron chi connectivity index (χ4n) is 2.32. The molecule has 0 saturated heterocycles. The minimum atomic E-state index is 0.0845. The molecule has 0 heterocycles. The largest absolute Gasteiger partial charge is 0.491 e.